The highest BCUT2D eigenvalue weighted by molar-refractivity contribution is 6.22. The van der Waals surface area contributed by atoms with Crippen LogP contribution in [0.4, 0.5) is 5.69 Å². The molecule has 1 heterocycles. The van der Waals surface area contributed by atoms with Gasteiger partial charge in [0.25, 0.3) is 17.7 Å². The number of carbonyl (C=O) groups is 5. The Morgan fingerprint density at radius 2 is 1.51 bits per heavy atom. The highest BCUT2D eigenvalue weighted by atomic mass is 16.5. The van der Waals surface area contributed by atoms with Gasteiger partial charge in [-0.2, -0.15) is 0 Å². The number of benzene rings is 2. The molecule has 194 valence electrons. The normalized spacial score (nSPS) is 15.3. The largest absolute Gasteiger partial charge is 0.462 e. The lowest BCUT2D eigenvalue weighted by Gasteiger charge is -2.29. The van der Waals surface area contributed by atoms with Crippen molar-refractivity contribution in [2.24, 2.45) is 0 Å². The van der Waals surface area contributed by atoms with Crippen LogP contribution in [0, 0.1) is 0 Å². The molecule has 0 saturated heterocycles. The molecule has 2 aromatic rings. The topological polar surface area (TPSA) is 119 Å². The molecule has 2 aromatic carbocycles. The van der Waals surface area contributed by atoms with Gasteiger partial charge in [0.2, 0.25) is 0 Å². The van der Waals surface area contributed by atoms with Crippen molar-refractivity contribution in [1.29, 1.82) is 0 Å². The summed E-state index contributed by atoms with van der Waals surface area (Å²) in [5.41, 5.74) is 1.34. The minimum Gasteiger partial charge on any atom is -0.462 e. The maximum Gasteiger partial charge on any atom is 0.338 e. The molecule has 1 fully saturated rings. The number of imide groups is 1. The van der Waals surface area contributed by atoms with Gasteiger partial charge in [0, 0.05) is 11.7 Å². The highest BCUT2D eigenvalue weighted by Gasteiger charge is 2.40. The first-order valence-electron chi connectivity index (χ1n) is 12.6. The molecular weight excluding hydrogens is 476 g/mol. The summed E-state index contributed by atoms with van der Waals surface area (Å²) in [5.74, 6) is -2.50. The Kier molecular flexibility index (Phi) is 8.32. The fraction of sp³-hybridized carbons (Fsp3) is 0.393. The van der Waals surface area contributed by atoms with Crippen molar-refractivity contribution in [3.8, 4) is 0 Å². The SMILES string of the molecule is CCCCOC(=O)c1ccc(NC(=O)COC(=O)c2ccc3c(c2)C(=O)N(C2CCCCC2)C3=O)cc1. The maximum atomic E-state index is 12.9. The van der Waals surface area contributed by atoms with Crippen LogP contribution in [0.5, 0.6) is 0 Å². The van der Waals surface area contributed by atoms with E-state index < -0.39 is 30.4 Å². The number of ether oxygens (including phenoxy) is 2. The van der Waals surface area contributed by atoms with Crippen LogP contribution in [0.1, 0.15) is 93.3 Å². The summed E-state index contributed by atoms with van der Waals surface area (Å²) < 4.78 is 10.3. The molecule has 1 N–H and O–H groups in total. The van der Waals surface area contributed by atoms with Crippen LogP contribution in [0.2, 0.25) is 0 Å². The zero-order valence-electron chi connectivity index (χ0n) is 20.8. The molecular formula is C28H30N2O7. The predicted molar refractivity (Wildman–Crippen MR) is 134 cm³/mol. The minimum atomic E-state index is -0.778. The number of rotatable bonds is 9. The summed E-state index contributed by atoms with van der Waals surface area (Å²) in [7, 11) is 0. The number of esters is 2. The van der Waals surface area contributed by atoms with E-state index in [2.05, 4.69) is 5.32 Å². The zero-order valence-corrected chi connectivity index (χ0v) is 20.8. The molecule has 9 heteroatoms. The number of nitrogens with one attached hydrogen (secondary N) is 1. The van der Waals surface area contributed by atoms with E-state index >= 15 is 0 Å². The molecule has 0 unspecified atom stereocenters. The van der Waals surface area contributed by atoms with Gasteiger partial charge in [-0.05, 0) is 61.7 Å². The molecule has 1 saturated carbocycles. The van der Waals surface area contributed by atoms with Gasteiger partial charge in [0.1, 0.15) is 0 Å². The van der Waals surface area contributed by atoms with Crippen LogP contribution < -0.4 is 5.32 Å². The van der Waals surface area contributed by atoms with E-state index in [-0.39, 0.29) is 28.6 Å². The average molecular weight is 507 g/mol. The number of amides is 3. The Hall–Kier alpha value is -4.01. The molecule has 3 amide bonds. The standard InChI is InChI=1S/C28H30N2O7/c1-2-3-15-36-27(34)18-9-12-20(13-10-18)29-24(31)17-37-28(35)19-11-14-22-23(16-19)26(33)30(25(22)32)21-7-5-4-6-8-21/h9-14,16,21H,2-8,15,17H2,1H3,(H,29,31). The lowest BCUT2D eigenvalue weighted by atomic mass is 9.94. The van der Waals surface area contributed by atoms with E-state index in [1.807, 2.05) is 6.92 Å². The van der Waals surface area contributed by atoms with Crippen molar-refractivity contribution in [3.05, 3.63) is 64.7 Å². The van der Waals surface area contributed by atoms with Crippen molar-refractivity contribution < 1.29 is 33.4 Å². The molecule has 0 aromatic heterocycles. The molecule has 0 bridgehead atoms. The Balaban J connectivity index is 1.30. The number of nitrogens with zero attached hydrogens (tertiary/aromatic N) is 1. The lowest BCUT2D eigenvalue weighted by molar-refractivity contribution is -0.119. The Morgan fingerprint density at radius 3 is 2.22 bits per heavy atom. The predicted octanol–water partition coefficient (Wildman–Crippen LogP) is 4.37. The van der Waals surface area contributed by atoms with Crippen LogP contribution in [-0.4, -0.2) is 53.8 Å². The Morgan fingerprint density at radius 1 is 0.865 bits per heavy atom. The van der Waals surface area contributed by atoms with Crippen LogP contribution >= 0.6 is 0 Å². The number of fused-ring (bicyclic) bond motifs is 1. The maximum absolute atomic E-state index is 12.9. The Bertz CT molecular complexity index is 1200. The van der Waals surface area contributed by atoms with E-state index in [1.165, 1.54) is 35.2 Å². The van der Waals surface area contributed by atoms with Gasteiger partial charge in [-0.25, -0.2) is 9.59 Å². The third-order valence-corrected chi connectivity index (χ3v) is 6.56. The van der Waals surface area contributed by atoms with E-state index in [1.54, 1.807) is 12.1 Å². The second kappa shape index (κ2) is 11.8. The molecule has 2 aliphatic rings. The van der Waals surface area contributed by atoms with Gasteiger partial charge in [0.05, 0.1) is 28.9 Å². The van der Waals surface area contributed by atoms with Crippen molar-refractivity contribution >= 4 is 35.3 Å². The first kappa shape index (κ1) is 26.1. The molecule has 0 radical (unpaired) electrons. The highest BCUT2D eigenvalue weighted by Crippen LogP contribution is 2.31. The molecule has 37 heavy (non-hydrogen) atoms. The number of unbranched alkanes of at least 4 members (excludes halogenated alkanes) is 1. The van der Waals surface area contributed by atoms with Gasteiger partial charge < -0.3 is 14.8 Å². The Labute approximate surface area is 215 Å². The second-order valence-corrected chi connectivity index (χ2v) is 9.22. The summed E-state index contributed by atoms with van der Waals surface area (Å²) in [4.78, 5) is 63.8. The number of anilines is 1. The lowest BCUT2D eigenvalue weighted by Crippen LogP contribution is -2.40. The molecule has 0 atom stereocenters. The molecule has 1 aliphatic heterocycles. The monoisotopic (exact) mass is 506 g/mol. The average Bonchev–Trinajstić information content (AvgIpc) is 3.17. The van der Waals surface area contributed by atoms with Gasteiger partial charge >= 0.3 is 11.9 Å². The van der Waals surface area contributed by atoms with Crippen LogP contribution in [0.25, 0.3) is 0 Å². The second-order valence-electron chi connectivity index (χ2n) is 9.22. The van der Waals surface area contributed by atoms with Crippen LogP contribution in [0.15, 0.2) is 42.5 Å². The smallest absolute Gasteiger partial charge is 0.338 e. The summed E-state index contributed by atoms with van der Waals surface area (Å²) >= 11 is 0. The molecule has 9 nitrogen and oxygen atoms in total. The van der Waals surface area contributed by atoms with Crippen LogP contribution in [-0.2, 0) is 14.3 Å². The molecule has 0 spiro atoms. The third-order valence-electron chi connectivity index (χ3n) is 6.56. The first-order chi connectivity index (χ1) is 17.9. The first-order valence-corrected chi connectivity index (χ1v) is 12.6. The fourth-order valence-corrected chi connectivity index (χ4v) is 4.55. The van der Waals surface area contributed by atoms with Crippen molar-refractivity contribution in [2.45, 2.75) is 57.9 Å². The van der Waals surface area contributed by atoms with Gasteiger partial charge in [-0.1, -0.05) is 32.6 Å². The number of carbonyl (C=O) groups excluding carboxylic acids is 5. The van der Waals surface area contributed by atoms with Crippen molar-refractivity contribution in [1.82, 2.24) is 4.90 Å². The van der Waals surface area contributed by atoms with E-state index in [9.17, 15) is 24.0 Å². The van der Waals surface area contributed by atoms with Crippen molar-refractivity contribution in [2.75, 3.05) is 18.5 Å². The van der Waals surface area contributed by atoms with Crippen LogP contribution in [0.3, 0.4) is 0 Å². The number of hydrogen-bond donors (Lipinski definition) is 1. The summed E-state index contributed by atoms with van der Waals surface area (Å²) in [6, 6.07) is 10.3. The fourth-order valence-electron chi connectivity index (χ4n) is 4.55. The molecule has 1 aliphatic carbocycles. The number of hydrogen-bond acceptors (Lipinski definition) is 7. The van der Waals surface area contributed by atoms with Crippen molar-refractivity contribution in [3.63, 3.8) is 0 Å². The zero-order chi connectivity index (χ0) is 26.4. The van der Waals surface area contributed by atoms with E-state index in [0.717, 1.165) is 44.9 Å². The van der Waals surface area contributed by atoms with Gasteiger partial charge in [-0.3, -0.25) is 19.3 Å². The minimum absolute atomic E-state index is 0.0872. The van der Waals surface area contributed by atoms with E-state index in [4.69, 9.17) is 9.47 Å². The third kappa shape index (κ3) is 6.04. The van der Waals surface area contributed by atoms with Gasteiger partial charge in [-0.15, -0.1) is 0 Å². The molecule has 4 rings (SSSR count). The summed E-state index contributed by atoms with van der Waals surface area (Å²) in [6.45, 7) is 1.81. The summed E-state index contributed by atoms with van der Waals surface area (Å²) in [5, 5.41) is 2.59. The van der Waals surface area contributed by atoms with E-state index in [0.29, 0.717) is 17.9 Å². The summed E-state index contributed by atoms with van der Waals surface area (Å²) in [6.07, 6.45) is 6.36. The van der Waals surface area contributed by atoms with Gasteiger partial charge in [0.15, 0.2) is 6.61 Å². The quantitative estimate of drug-likeness (QED) is 0.305.